The lowest BCUT2D eigenvalue weighted by Gasteiger charge is -2.09. The maximum Gasteiger partial charge on any atom is 0.120 e. The Morgan fingerprint density at radius 2 is 1.73 bits per heavy atom. The minimum Gasteiger partial charge on any atom is -0.489 e. The molecule has 0 amide bonds. The molecule has 82 valence electrons. The topological polar surface area (TPSA) is 9.23 Å². The zero-order valence-electron chi connectivity index (χ0n) is 9.10. The van der Waals surface area contributed by atoms with Crippen molar-refractivity contribution < 1.29 is 4.74 Å². The molecule has 0 aliphatic carbocycles. The molecule has 0 radical (unpaired) electrons. The van der Waals surface area contributed by atoms with Crippen LogP contribution in [-0.4, -0.2) is 6.61 Å². The summed E-state index contributed by atoms with van der Waals surface area (Å²) in [5.41, 5.74) is 3.75. The second-order valence-electron chi connectivity index (χ2n) is 3.49. The summed E-state index contributed by atoms with van der Waals surface area (Å²) in [4.78, 5) is 0. The molecule has 0 N–H and O–H groups in total. The lowest BCUT2D eigenvalue weighted by atomic mass is 10.0. The predicted octanol–water partition coefficient (Wildman–Crippen LogP) is 4.31. The van der Waals surface area contributed by atoms with Gasteiger partial charge in [-0.05, 0) is 55.7 Å². The third-order valence-electron chi connectivity index (χ3n) is 2.39. The Balaban J connectivity index is 2.75. The molecule has 0 saturated heterocycles. The first-order chi connectivity index (χ1) is 7.00. The van der Waals surface area contributed by atoms with Crippen LogP contribution in [-0.2, 0) is 0 Å². The first kappa shape index (κ1) is 12.4. The molecular weight excluding hydrogens is 231 g/mol. The Labute approximate surface area is 101 Å². The van der Waals surface area contributed by atoms with Crippen LogP contribution in [0.4, 0.5) is 0 Å². The summed E-state index contributed by atoms with van der Waals surface area (Å²) < 4.78 is 5.72. The summed E-state index contributed by atoms with van der Waals surface area (Å²) in [6.45, 7) is 6.63. The normalized spacial score (nSPS) is 9.93. The van der Waals surface area contributed by atoms with E-state index in [1.807, 2.05) is 12.1 Å². The minimum atomic E-state index is 0.232. The van der Waals surface area contributed by atoms with Gasteiger partial charge in [-0.25, -0.2) is 0 Å². The lowest BCUT2D eigenvalue weighted by molar-refractivity contribution is 0.362. The second-order valence-corrected chi connectivity index (χ2v) is 4.49. The van der Waals surface area contributed by atoms with Crippen molar-refractivity contribution in [3.63, 3.8) is 0 Å². The standard InChI is InChI=1S/C12H14Cl2O/c1-8-6-11(7-9(2)10(8)3)15-5-4-12(13)14/h4,6-7H,5H2,1-3H3. The van der Waals surface area contributed by atoms with Crippen molar-refractivity contribution in [3.05, 3.63) is 39.4 Å². The fourth-order valence-electron chi connectivity index (χ4n) is 1.28. The number of ether oxygens (including phenoxy) is 1. The van der Waals surface area contributed by atoms with Gasteiger partial charge in [-0.1, -0.05) is 23.2 Å². The van der Waals surface area contributed by atoms with E-state index in [9.17, 15) is 0 Å². The summed E-state index contributed by atoms with van der Waals surface area (Å²) >= 11 is 11.0. The molecule has 3 heteroatoms. The Kier molecular flexibility index (Phi) is 4.49. The minimum absolute atomic E-state index is 0.232. The first-order valence-corrected chi connectivity index (χ1v) is 5.48. The molecule has 0 bridgehead atoms. The highest BCUT2D eigenvalue weighted by molar-refractivity contribution is 6.55. The van der Waals surface area contributed by atoms with Gasteiger partial charge in [0.2, 0.25) is 0 Å². The highest BCUT2D eigenvalue weighted by atomic mass is 35.5. The average molecular weight is 245 g/mol. The summed E-state index contributed by atoms with van der Waals surface area (Å²) in [7, 11) is 0. The summed E-state index contributed by atoms with van der Waals surface area (Å²) in [6, 6.07) is 4.02. The monoisotopic (exact) mass is 244 g/mol. The van der Waals surface area contributed by atoms with E-state index in [4.69, 9.17) is 27.9 Å². The van der Waals surface area contributed by atoms with Crippen LogP contribution >= 0.6 is 23.2 Å². The molecule has 0 spiro atoms. The number of aryl methyl sites for hydroxylation is 2. The fourth-order valence-corrected chi connectivity index (χ4v) is 1.41. The van der Waals surface area contributed by atoms with Crippen LogP contribution in [0.2, 0.25) is 0 Å². The van der Waals surface area contributed by atoms with Crippen LogP contribution in [0, 0.1) is 20.8 Å². The maximum absolute atomic E-state index is 5.49. The smallest absolute Gasteiger partial charge is 0.120 e. The van der Waals surface area contributed by atoms with Crippen molar-refractivity contribution in [2.24, 2.45) is 0 Å². The zero-order chi connectivity index (χ0) is 11.4. The van der Waals surface area contributed by atoms with Crippen molar-refractivity contribution in [1.82, 2.24) is 0 Å². The van der Waals surface area contributed by atoms with E-state index in [0.717, 1.165) is 5.75 Å². The van der Waals surface area contributed by atoms with Gasteiger partial charge in [0.15, 0.2) is 0 Å². The van der Waals surface area contributed by atoms with Crippen molar-refractivity contribution in [3.8, 4) is 5.75 Å². The van der Waals surface area contributed by atoms with E-state index in [0.29, 0.717) is 6.61 Å². The molecule has 0 aliphatic heterocycles. The predicted molar refractivity (Wildman–Crippen MR) is 65.9 cm³/mol. The molecule has 0 aromatic heterocycles. The molecule has 1 nitrogen and oxygen atoms in total. The second kappa shape index (κ2) is 5.43. The van der Waals surface area contributed by atoms with Gasteiger partial charge < -0.3 is 4.74 Å². The SMILES string of the molecule is Cc1cc(OCC=C(Cl)Cl)cc(C)c1C. The fraction of sp³-hybridized carbons (Fsp3) is 0.333. The third-order valence-corrected chi connectivity index (χ3v) is 2.70. The number of hydrogen-bond acceptors (Lipinski definition) is 1. The molecule has 1 aromatic rings. The van der Waals surface area contributed by atoms with E-state index in [-0.39, 0.29) is 4.49 Å². The quantitative estimate of drug-likeness (QED) is 0.770. The molecule has 0 aliphatic rings. The molecule has 15 heavy (non-hydrogen) atoms. The molecule has 0 saturated carbocycles. The Hall–Kier alpha value is -0.660. The maximum atomic E-state index is 5.49. The largest absolute Gasteiger partial charge is 0.489 e. The average Bonchev–Trinajstić information content (AvgIpc) is 2.13. The molecule has 0 atom stereocenters. The first-order valence-electron chi connectivity index (χ1n) is 4.72. The van der Waals surface area contributed by atoms with Crippen molar-refractivity contribution >= 4 is 23.2 Å². The van der Waals surface area contributed by atoms with Gasteiger partial charge in [-0.3, -0.25) is 0 Å². The summed E-state index contributed by atoms with van der Waals surface area (Å²) in [5.74, 6) is 0.849. The van der Waals surface area contributed by atoms with Gasteiger partial charge >= 0.3 is 0 Å². The van der Waals surface area contributed by atoms with Crippen LogP contribution in [0.25, 0.3) is 0 Å². The number of rotatable bonds is 3. The van der Waals surface area contributed by atoms with E-state index >= 15 is 0 Å². The van der Waals surface area contributed by atoms with Crippen LogP contribution in [0.1, 0.15) is 16.7 Å². The van der Waals surface area contributed by atoms with Crippen LogP contribution in [0.5, 0.6) is 5.75 Å². The highest BCUT2D eigenvalue weighted by Crippen LogP contribution is 2.21. The Bertz CT molecular complexity index is 356. The van der Waals surface area contributed by atoms with Gasteiger partial charge in [-0.2, -0.15) is 0 Å². The number of halogens is 2. The van der Waals surface area contributed by atoms with Crippen molar-refractivity contribution in [2.45, 2.75) is 20.8 Å². The molecule has 0 fully saturated rings. The zero-order valence-corrected chi connectivity index (χ0v) is 10.6. The van der Waals surface area contributed by atoms with E-state index in [1.54, 1.807) is 6.08 Å². The van der Waals surface area contributed by atoms with Crippen molar-refractivity contribution in [1.29, 1.82) is 0 Å². The Morgan fingerprint density at radius 1 is 1.20 bits per heavy atom. The highest BCUT2D eigenvalue weighted by Gasteiger charge is 2.01. The number of hydrogen-bond donors (Lipinski definition) is 0. The van der Waals surface area contributed by atoms with Gasteiger partial charge in [0.05, 0.1) is 0 Å². The Morgan fingerprint density at radius 3 is 2.20 bits per heavy atom. The van der Waals surface area contributed by atoms with E-state index in [2.05, 4.69) is 20.8 Å². The van der Waals surface area contributed by atoms with E-state index in [1.165, 1.54) is 16.7 Å². The molecule has 1 aromatic carbocycles. The third kappa shape index (κ3) is 3.77. The molecule has 0 heterocycles. The van der Waals surface area contributed by atoms with Crippen LogP contribution in [0.3, 0.4) is 0 Å². The summed E-state index contributed by atoms with van der Waals surface area (Å²) in [5, 5.41) is 0. The lowest BCUT2D eigenvalue weighted by Crippen LogP contribution is -1.96. The van der Waals surface area contributed by atoms with Gasteiger partial charge in [0.25, 0.3) is 0 Å². The van der Waals surface area contributed by atoms with Gasteiger partial charge in [0.1, 0.15) is 16.8 Å². The van der Waals surface area contributed by atoms with Crippen LogP contribution in [0.15, 0.2) is 22.7 Å². The molecular formula is C12H14Cl2O. The van der Waals surface area contributed by atoms with Crippen LogP contribution < -0.4 is 4.74 Å². The van der Waals surface area contributed by atoms with Crippen molar-refractivity contribution in [2.75, 3.05) is 6.61 Å². The number of benzene rings is 1. The molecule has 1 rings (SSSR count). The molecule has 0 unspecified atom stereocenters. The van der Waals surface area contributed by atoms with Gasteiger partial charge in [0, 0.05) is 0 Å². The van der Waals surface area contributed by atoms with Gasteiger partial charge in [-0.15, -0.1) is 0 Å². The summed E-state index contributed by atoms with van der Waals surface area (Å²) in [6.07, 6.45) is 1.62. The van der Waals surface area contributed by atoms with E-state index < -0.39 is 0 Å².